The van der Waals surface area contributed by atoms with Crippen molar-refractivity contribution in [3.63, 3.8) is 0 Å². The number of rotatable bonds is 4. The van der Waals surface area contributed by atoms with Crippen LogP contribution in [0.2, 0.25) is 0 Å². The Morgan fingerprint density at radius 3 is 2.50 bits per heavy atom. The molecule has 0 N–H and O–H groups in total. The van der Waals surface area contributed by atoms with Gasteiger partial charge in [0.2, 0.25) is 5.69 Å². The summed E-state index contributed by atoms with van der Waals surface area (Å²) in [5.41, 5.74) is 8.78. The predicted molar refractivity (Wildman–Crippen MR) is 120 cm³/mol. The van der Waals surface area contributed by atoms with Gasteiger partial charge in [-0.3, -0.25) is 0 Å². The van der Waals surface area contributed by atoms with Crippen molar-refractivity contribution in [1.82, 2.24) is 0 Å². The van der Waals surface area contributed by atoms with E-state index in [4.69, 9.17) is 0 Å². The Morgan fingerprint density at radius 2 is 1.75 bits per heavy atom. The Kier molecular flexibility index (Phi) is 5.14. The Morgan fingerprint density at radius 1 is 1.04 bits per heavy atom. The van der Waals surface area contributed by atoms with E-state index in [1.54, 1.807) is 0 Å². The standard InChI is InChI=1S/C26H33N2/c1-5-26(6-2)22-15-9-11-17-24(22)28(7-3)25(26)20(4)19-27-18-12-14-21-13-8-10-16-23(21)27/h8-11,13,15-17,19H,5-7,12,14,18H2,1-4H3/q+1. The highest BCUT2D eigenvalue weighted by molar-refractivity contribution is 5.83. The van der Waals surface area contributed by atoms with Crippen molar-refractivity contribution >= 4 is 17.6 Å². The number of hydrogen-bond acceptors (Lipinski definition) is 1. The van der Waals surface area contributed by atoms with E-state index in [9.17, 15) is 0 Å². The van der Waals surface area contributed by atoms with Crippen molar-refractivity contribution < 1.29 is 4.58 Å². The molecule has 2 aromatic rings. The van der Waals surface area contributed by atoms with E-state index in [0.29, 0.717) is 0 Å². The van der Waals surface area contributed by atoms with Gasteiger partial charge in [0.15, 0.2) is 6.21 Å². The number of nitrogens with zero attached hydrogens (tertiary/aromatic N) is 2. The fourth-order valence-electron chi connectivity index (χ4n) is 5.50. The van der Waals surface area contributed by atoms with Crippen LogP contribution in [0.5, 0.6) is 0 Å². The number of benzene rings is 2. The number of aryl methyl sites for hydroxylation is 1. The van der Waals surface area contributed by atoms with Gasteiger partial charge in [-0.15, -0.1) is 0 Å². The van der Waals surface area contributed by atoms with Crippen molar-refractivity contribution in [3.8, 4) is 0 Å². The van der Waals surface area contributed by atoms with Gasteiger partial charge in [0.25, 0.3) is 0 Å². The maximum absolute atomic E-state index is 2.56. The van der Waals surface area contributed by atoms with E-state index in [2.05, 4.69) is 91.9 Å². The van der Waals surface area contributed by atoms with E-state index in [1.807, 2.05) is 0 Å². The molecule has 0 spiro atoms. The van der Waals surface area contributed by atoms with Gasteiger partial charge in [0.05, 0.1) is 0 Å². The molecule has 0 unspecified atom stereocenters. The van der Waals surface area contributed by atoms with E-state index >= 15 is 0 Å². The van der Waals surface area contributed by atoms with Gasteiger partial charge in [0, 0.05) is 47.0 Å². The largest absolute Gasteiger partial charge is 0.344 e. The van der Waals surface area contributed by atoms with E-state index in [0.717, 1.165) is 25.9 Å². The van der Waals surface area contributed by atoms with E-state index in [-0.39, 0.29) is 5.41 Å². The van der Waals surface area contributed by atoms with Crippen LogP contribution in [0.1, 0.15) is 58.1 Å². The van der Waals surface area contributed by atoms with Crippen LogP contribution in [0.15, 0.2) is 59.8 Å². The SMILES string of the molecule is CCN1C(=C(C)C=[N+]2CCCc3ccccc32)C(CC)(CC)c2ccccc21. The number of hydrogen-bond donors (Lipinski definition) is 0. The minimum atomic E-state index is 0.114. The maximum Gasteiger partial charge on any atom is 0.208 e. The molecule has 4 rings (SSSR count). The van der Waals surface area contributed by atoms with E-state index in [1.165, 1.54) is 46.6 Å². The molecule has 0 bridgehead atoms. The van der Waals surface area contributed by atoms with E-state index < -0.39 is 0 Å². The summed E-state index contributed by atoms with van der Waals surface area (Å²) in [6.45, 7) is 11.4. The first-order chi connectivity index (χ1) is 13.7. The average Bonchev–Trinajstić information content (AvgIpc) is 3.04. The van der Waals surface area contributed by atoms with Crippen LogP contribution in [0.4, 0.5) is 11.4 Å². The predicted octanol–water partition coefficient (Wildman–Crippen LogP) is 6.22. The zero-order chi connectivity index (χ0) is 19.7. The first-order valence-electron chi connectivity index (χ1n) is 10.9. The van der Waals surface area contributed by atoms with Crippen LogP contribution in [0, 0.1) is 0 Å². The van der Waals surface area contributed by atoms with Gasteiger partial charge in [-0.05, 0) is 44.7 Å². The molecule has 2 heterocycles. The van der Waals surface area contributed by atoms with Crippen LogP contribution in [0.25, 0.3) is 0 Å². The quantitative estimate of drug-likeness (QED) is 0.577. The lowest BCUT2D eigenvalue weighted by Crippen LogP contribution is -2.32. The number of para-hydroxylation sites is 2. The second-order valence-corrected chi connectivity index (χ2v) is 8.14. The third-order valence-corrected chi connectivity index (χ3v) is 6.83. The van der Waals surface area contributed by atoms with Crippen molar-refractivity contribution in [3.05, 3.63) is 70.9 Å². The third kappa shape index (κ3) is 2.82. The highest BCUT2D eigenvalue weighted by atomic mass is 15.2. The normalized spacial score (nSPS) is 20.9. The molecule has 0 fully saturated rings. The summed E-state index contributed by atoms with van der Waals surface area (Å²) >= 11 is 0. The first-order valence-corrected chi connectivity index (χ1v) is 10.9. The smallest absolute Gasteiger partial charge is 0.208 e. The lowest BCUT2D eigenvalue weighted by molar-refractivity contribution is -0.441. The number of allylic oxidation sites excluding steroid dienone is 2. The van der Waals surface area contributed by atoms with Gasteiger partial charge in [0.1, 0.15) is 6.54 Å². The summed E-state index contributed by atoms with van der Waals surface area (Å²) < 4.78 is 2.48. The second kappa shape index (κ2) is 7.58. The Balaban J connectivity index is 1.90. The number of likely N-dealkylation sites (N-methyl/N-ethyl adjacent to an activating group) is 1. The number of anilines is 1. The van der Waals surface area contributed by atoms with Crippen LogP contribution in [-0.2, 0) is 11.8 Å². The molecule has 2 aromatic carbocycles. The van der Waals surface area contributed by atoms with Gasteiger partial charge in [-0.1, -0.05) is 50.2 Å². The summed E-state index contributed by atoms with van der Waals surface area (Å²) in [5, 5.41) is 0. The monoisotopic (exact) mass is 373 g/mol. The summed E-state index contributed by atoms with van der Waals surface area (Å²) in [4.78, 5) is 2.56. The Labute approximate surface area is 170 Å². The Hall–Kier alpha value is -2.35. The Bertz CT molecular complexity index is 931. The second-order valence-electron chi connectivity index (χ2n) is 8.14. The highest BCUT2D eigenvalue weighted by Gasteiger charge is 2.45. The average molecular weight is 374 g/mol. The fraction of sp³-hybridized carbons (Fsp3) is 0.423. The van der Waals surface area contributed by atoms with Gasteiger partial charge < -0.3 is 4.90 Å². The third-order valence-electron chi connectivity index (χ3n) is 6.83. The topological polar surface area (TPSA) is 6.25 Å². The fourth-order valence-corrected chi connectivity index (χ4v) is 5.50. The summed E-state index contributed by atoms with van der Waals surface area (Å²) in [6.07, 6.45) is 7.10. The summed E-state index contributed by atoms with van der Waals surface area (Å²) in [5.74, 6) is 0. The molecular weight excluding hydrogens is 340 g/mol. The van der Waals surface area contributed by atoms with Crippen molar-refractivity contribution in [2.45, 2.75) is 58.8 Å². The molecule has 0 amide bonds. The molecule has 0 aromatic heterocycles. The molecule has 2 heteroatoms. The molecule has 0 saturated heterocycles. The molecule has 0 saturated carbocycles. The van der Waals surface area contributed by atoms with Crippen LogP contribution in [0.3, 0.4) is 0 Å². The zero-order valence-electron chi connectivity index (χ0n) is 17.8. The molecule has 28 heavy (non-hydrogen) atoms. The highest BCUT2D eigenvalue weighted by Crippen LogP contribution is 2.52. The van der Waals surface area contributed by atoms with Crippen LogP contribution >= 0.6 is 0 Å². The molecule has 2 aliphatic rings. The lowest BCUT2D eigenvalue weighted by Gasteiger charge is -2.32. The minimum Gasteiger partial charge on any atom is -0.344 e. The summed E-state index contributed by atoms with van der Waals surface area (Å²) in [6, 6.07) is 17.9. The van der Waals surface area contributed by atoms with Crippen molar-refractivity contribution in [2.24, 2.45) is 0 Å². The molecule has 2 aliphatic heterocycles. The maximum atomic E-state index is 2.56. The first kappa shape index (κ1) is 19.0. The van der Waals surface area contributed by atoms with Gasteiger partial charge in [-0.2, -0.15) is 4.58 Å². The molecule has 0 atom stereocenters. The van der Waals surface area contributed by atoms with Gasteiger partial charge in [-0.25, -0.2) is 0 Å². The lowest BCUT2D eigenvalue weighted by atomic mass is 9.74. The van der Waals surface area contributed by atoms with Crippen LogP contribution in [-0.4, -0.2) is 23.9 Å². The number of fused-ring (bicyclic) bond motifs is 2. The van der Waals surface area contributed by atoms with Crippen molar-refractivity contribution in [2.75, 3.05) is 18.0 Å². The van der Waals surface area contributed by atoms with Gasteiger partial charge >= 0.3 is 0 Å². The molecule has 0 aliphatic carbocycles. The minimum absolute atomic E-state index is 0.114. The zero-order valence-corrected chi connectivity index (χ0v) is 17.8. The molecule has 2 nitrogen and oxygen atoms in total. The van der Waals surface area contributed by atoms with Crippen LogP contribution < -0.4 is 4.90 Å². The molecule has 0 radical (unpaired) electrons. The molecular formula is C26H33N2+. The summed E-state index contributed by atoms with van der Waals surface area (Å²) in [7, 11) is 0. The molecule has 146 valence electrons. The van der Waals surface area contributed by atoms with Crippen molar-refractivity contribution in [1.29, 1.82) is 0 Å².